The highest BCUT2D eigenvalue weighted by molar-refractivity contribution is 7.99. The van der Waals surface area contributed by atoms with Gasteiger partial charge in [-0.3, -0.25) is 4.99 Å². The first kappa shape index (κ1) is 15.5. The summed E-state index contributed by atoms with van der Waals surface area (Å²) < 4.78 is 0. The Kier molecular flexibility index (Phi) is 6.05. The molecule has 0 spiro atoms. The van der Waals surface area contributed by atoms with Crippen LogP contribution in [0.5, 0.6) is 0 Å². The summed E-state index contributed by atoms with van der Waals surface area (Å²) in [5.41, 5.74) is 1.16. The monoisotopic (exact) mass is 311 g/mol. The minimum Gasteiger partial charge on any atom is -0.354 e. The highest BCUT2D eigenvalue weighted by atomic mass is 35.5. The van der Waals surface area contributed by atoms with Gasteiger partial charge >= 0.3 is 0 Å². The summed E-state index contributed by atoms with van der Waals surface area (Å²) in [6.07, 6.45) is 5.94. The van der Waals surface area contributed by atoms with Crippen LogP contribution in [0.2, 0.25) is 5.02 Å². The van der Waals surface area contributed by atoms with Crippen LogP contribution in [-0.2, 0) is 6.54 Å². The fourth-order valence-electron chi connectivity index (χ4n) is 2.51. The van der Waals surface area contributed by atoms with Gasteiger partial charge in [-0.25, -0.2) is 0 Å². The first-order valence-electron chi connectivity index (χ1n) is 6.95. The molecule has 2 rings (SSSR count). The fraction of sp³-hybridized carbons (Fsp3) is 0.533. The van der Waals surface area contributed by atoms with Gasteiger partial charge in [-0.1, -0.05) is 23.7 Å². The number of hydrogen-bond acceptors (Lipinski definition) is 2. The number of aliphatic imine (C=N–C) groups is 1. The predicted octanol–water partition coefficient (Wildman–Crippen LogP) is 3.29. The number of nitrogens with zero attached hydrogens (tertiary/aromatic N) is 1. The van der Waals surface area contributed by atoms with E-state index in [1.165, 1.54) is 19.3 Å². The Morgan fingerprint density at radius 1 is 1.45 bits per heavy atom. The van der Waals surface area contributed by atoms with E-state index in [0.717, 1.165) is 28.3 Å². The Morgan fingerprint density at radius 2 is 2.30 bits per heavy atom. The smallest absolute Gasteiger partial charge is 0.191 e. The second-order valence-corrected chi connectivity index (χ2v) is 6.64. The molecule has 1 aliphatic carbocycles. The Labute approximate surface area is 130 Å². The molecule has 0 amide bonds. The normalized spacial score (nSPS) is 22.9. The highest BCUT2D eigenvalue weighted by Crippen LogP contribution is 2.27. The zero-order valence-electron chi connectivity index (χ0n) is 12.0. The molecule has 2 unspecified atom stereocenters. The Morgan fingerprint density at radius 3 is 2.95 bits per heavy atom. The maximum absolute atomic E-state index is 5.99. The van der Waals surface area contributed by atoms with Crippen LogP contribution in [0, 0.1) is 0 Å². The lowest BCUT2D eigenvalue weighted by Crippen LogP contribution is -2.42. The van der Waals surface area contributed by atoms with Crippen molar-refractivity contribution in [2.24, 2.45) is 4.99 Å². The van der Waals surface area contributed by atoms with Gasteiger partial charge in [0, 0.05) is 29.9 Å². The van der Waals surface area contributed by atoms with Crippen LogP contribution < -0.4 is 10.6 Å². The fourth-order valence-corrected chi connectivity index (χ4v) is 3.52. The van der Waals surface area contributed by atoms with Gasteiger partial charge in [-0.15, -0.1) is 0 Å². The van der Waals surface area contributed by atoms with Crippen molar-refractivity contribution in [2.45, 2.75) is 37.1 Å². The zero-order valence-corrected chi connectivity index (χ0v) is 13.6. The van der Waals surface area contributed by atoms with E-state index < -0.39 is 0 Å². The van der Waals surface area contributed by atoms with E-state index in [-0.39, 0.29) is 0 Å². The van der Waals surface area contributed by atoms with Crippen molar-refractivity contribution in [1.29, 1.82) is 0 Å². The van der Waals surface area contributed by atoms with Crippen molar-refractivity contribution in [3.05, 3.63) is 34.9 Å². The Bertz CT molecular complexity index is 464. The van der Waals surface area contributed by atoms with E-state index in [1.54, 1.807) is 0 Å². The van der Waals surface area contributed by atoms with Gasteiger partial charge in [-0.2, -0.15) is 11.8 Å². The Hall–Kier alpha value is -0.870. The van der Waals surface area contributed by atoms with E-state index in [9.17, 15) is 0 Å². The van der Waals surface area contributed by atoms with Gasteiger partial charge in [0.15, 0.2) is 5.96 Å². The minimum atomic E-state index is 0.540. The number of nitrogens with one attached hydrogen (secondary N) is 2. The third-order valence-corrected chi connectivity index (χ3v) is 4.96. The molecule has 20 heavy (non-hydrogen) atoms. The molecule has 0 saturated heterocycles. The first-order chi connectivity index (χ1) is 9.71. The molecule has 1 aliphatic rings. The molecule has 0 radical (unpaired) electrons. The average Bonchev–Trinajstić information content (AvgIpc) is 2.91. The molecule has 3 nitrogen and oxygen atoms in total. The summed E-state index contributed by atoms with van der Waals surface area (Å²) in [5.74, 6) is 0.872. The average molecular weight is 312 g/mol. The number of hydrogen-bond donors (Lipinski definition) is 2. The van der Waals surface area contributed by atoms with Gasteiger partial charge in [0.1, 0.15) is 0 Å². The minimum absolute atomic E-state index is 0.540. The van der Waals surface area contributed by atoms with Gasteiger partial charge in [0.25, 0.3) is 0 Å². The first-order valence-corrected chi connectivity index (χ1v) is 8.62. The van der Waals surface area contributed by atoms with Crippen LogP contribution in [0.25, 0.3) is 0 Å². The van der Waals surface area contributed by atoms with Gasteiger partial charge in [0.2, 0.25) is 0 Å². The largest absolute Gasteiger partial charge is 0.354 e. The number of guanidine groups is 1. The van der Waals surface area contributed by atoms with Crippen LogP contribution in [0.4, 0.5) is 0 Å². The molecule has 110 valence electrons. The van der Waals surface area contributed by atoms with Crippen molar-refractivity contribution < 1.29 is 0 Å². The van der Waals surface area contributed by atoms with Gasteiger partial charge < -0.3 is 10.6 Å². The number of rotatable bonds is 4. The summed E-state index contributed by atoms with van der Waals surface area (Å²) >= 11 is 7.96. The lowest BCUT2D eigenvalue weighted by Gasteiger charge is -2.17. The molecular formula is C15H22ClN3S. The van der Waals surface area contributed by atoms with Crippen LogP contribution in [-0.4, -0.2) is 30.6 Å². The lowest BCUT2D eigenvalue weighted by molar-refractivity contribution is 0.614. The molecule has 2 N–H and O–H groups in total. The summed E-state index contributed by atoms with van der Waals surface area (Å²) in [4.78, 5) is 4.29. The van der Waals surface area contributed by atoms with E-state index in [4.69, 9.17) is 11.6 Å². The molecule has 0 heterocycles. The molecule has 1 saturated carbocycles. The maximum Gasteiger partial charge on any atom is 0.191 e. The molecule has 0 aromatic heterocycles. The van der Waals surface area contributed by atoms with Crippen LogP contribution in [0.15, 0.2) is 29.3 Å². The molecule has 5 heteroatoms. The standard InChI is InChI=1S/C15H22ClN3S/c1-17-15(19-13-6-7-14(9-13)20-2)18-10-11-4-3-5-12(16)8-11/h3-5,8,13-14H,6-7,9-10H2,1-2H3,(H2,17,18,19). The summed E-state index contributed by atoms with van der Waals surface area (Å²) in [6.45, 7) is 0.735. The van der Waals surface area contributed by atoms with E-state index in [2.05, 4.69) is 27.9 Å². The summed E-state index contributed by atoms with van der Waals surface area (Å²) in [6, 6.07) is 8.43. The van der Waals surface area contributed by atoms with E-state index >= 15 is 0 Å². The van der Waals surface area contributed by atoms with Gasteiger partial charge in [-0.05, 0) is 43.2 Å². The SMILES string of the molecule is CN=C(NCc1cccc(Cl)c1)NC1CCC(SC)C1. The number of benzene rings is 1. The highest BCUT2D eigenvalue weighted by Gasteiger charge is 2.24. The van der Waals surface area contributed by atoms with Crippen molar-refractivity contribution in [1.82, 2.24) is 10.6 Å². The van der Waals surface area contributed by atoms with Crippen LogP contribution in [0.1, 0.15) is 24.8 Å². The third-order valence-electron chi connectivity index (χ3n) is 3.63. The van der Waals surface area contributed by atoms with Crippen LogP contribution in [0.3, 0.4) is 0 Å². The van der Waals surface area contributed by atoms with Crippen molar-refractivity contribution in [3.8, 4) is 0 Å². The molecule has 0 bridgehead atoms. The summed E-state index contributed by atoms with van der Waals surface area (Å²) in [5, 5.41) is 8.41. The maximum atomic E-state index is 5.99. The summed E-state index contributed by atoms with van der Waals surface area (Å²) in [7, 11) is 1.81. The second-order valence-electron chi connectivity index (χ2n) is 5.07. The zero-order chi connectivity index (χ0) is 14.4. The second kappa shape index (κ2) is 7.79. The quantitative estimate of drug-likeness (QED) is 0.662. The molecule has 1 fully saturated rings. The molecule has 0 aliphatic heterocycles. The van der Waals surface area contributed by atoms with Crippen molar-refractivity contribution in [2.75, 3.05) is 13.3 Å². The Balaban J connectivity index is 1.81. The predicted molar refractivity (Wildman–Crippen MR) is 89.7 cm³/mol. The van der Waals surface area contributed by atoms with Crippen molar-refractivity contribution in [3.63, 3.8) is 0 Å². The van der Waals surface area contributed by atoms with E-state index in [0.29, 0.717) is 6.04 Å². The number of halogens is 1. The molecule has 1 aromatic rings. The third kappa shape index (κ3) is 4.60. The lowest BCUT2D eigenvalue weighted by atomic mass is 10.2. The van der Waals surface area contributed by atoms with Crippen LogP contribution >= 0.6 is 23.4 Å². The van der Waals surface area contributed by atoms with E-state index in [1.807, 2.05) is 37.0 Å². The molecule has 2 atom stereocenters. The van der Waals surface area contributed by atoms with Crippen molar-refractivity contribution >= 4 is 29.3 Å². The number of thioether (sulfide) groups is 1. The van der Waals surface area contributed by atoms with Gasteiger partial charge in [0.05, 0.1) is 0 Å². The molecular weight excluding hydrogens is 290 g/mol. The molecule has 1 aromatic carbocycles. The topological polar surface area (TPSA) is 36.4 Å².